The molecule has 0 saturated heterocycles. The molecule has 4 aliphatic rings. The highest BCUT2D eigenvalue weighted by atomic mass is 28.4. The zero-order valence-corrected chi connectivity index (χ0v) is 37.4. The number of esters is 1. The SMILES string of the molecule is COC(=O)CCC(C)C1CCC2C3C(O[Si](C)(C)C)[C@H](O[Si](C)(C)C)[C@@H]4C[C@H](O[Si](C)(C)C)CCC4(C)C3C[C@@H](O[Si](C)(C)C)C12C. The lowest BCUT2D eigenvalue weighted by molar-refractivity contribution is -0.232. The molecule has 0 aliphatic heterocycles. The molecule has 6 nitrogen and oxygen atoms in total. The summed E-state index contributed by atoms with van der Waals surface area (Å²) in [6, 6.07) is 0. The monoisotopic (exact) mass is 726 g/mol. The van der Waals surface area contributed by atoms with Crippen molar-refractivity contribution in [3.8, 4) is 0 Å². The molecule has 0 amide bonds. The molecule has 0 aromatic carbocycles. The molecule has 0 N–H and O–H groups in total. The van der Waals surface area contributed by atoms with Gasteiger partial charge < -0.3 is 22.4 Å². The second kappa shape index (κ2) is 14.0. The topological polar surface area (TPSA) is 63.2 Å². The summed E-state index contributed by atoms with van der Waals surface area (Å²) < 4.78 is 34.3. The van der Waals surface area contributed by atoms with Gasteiger partial charge in [0.05, 0.1) is 25.4 Å². The maximum atomic E-state index is 12.3. The van der Waals surface area contributed by atoms with Gasteiger partial charge in [0.1, 0.15) is 0 Å². The number of ether oxygens (including phenoxy) is 1. The Morgan fingerprint density at radius 1 is 0.702 bits per heavy atom. The minimum atomic E-state index is -1.93. The number of methoxy groups -OCH3 is 1. The van der Waals surface area contributed by atoms with Crippen molar-refractivity contribution >= 4 is 39.2 Å². The Kier molecular flexibility index (Phi) is 11.9. The lowest BCUT2D eigenvalue weighted by Crippen LogP contribution is -2.70. The van der Waals surface area contributed by atoms with Crippen LogP contribution in [0.15, 0.2) is 0 Å². The third kappa shape index (κ3) is 8.98. The van der Waals surface area contributed by atoms with Gasteiger partial charge >= 0.3 is 5.97 Å². The van der Waals surface area contributed by atoms with Gasteiger partial charge in [-0.15, -0.1) is 0 Å². The molecule has 0 aromatic heterocycles. The third-order valence-electron chi connectivity index (χ3n) is 12.5. The van der Waals surface area contributed by atoms with E-state index in [0.717, 1.165) is 25.7 Å². The summed E-state index contributed by atoms with van der Waals surface area (Å²) in [6.45, 7) is 36.0. The van der Waals surface area contributed by atoms with E-state index in [1.165, 1.54) is 26.4 Å². The Hall–Kier alpha value is 0.178. The quantitative estimate of drug-likeness (QED) is 0.147. The van der Waals surface area contributed by atoms with Crippen LogP contribution in [0.25, 0.3) is 0 Å². The molecule has 0 spiro atoms. The van der Waals surface area contributed by atoms with E-state index < -0.39 is 33.3 Å². The fourth-order valence-corrected chi connectivity index (χ4v) is 15.7. The summed E-state index contributed by atoms with van der Waals surface area (Å²) in [7, 11) is -5.87. The number of carbonyl (C=O) groups excluding carboxylic acids is 1. The normalized spacial score (nSPS) is 40.3. The summed E-state index contributed by atoms with van der Waals surface area (Å²) in [5.74, 6) is 2.76. The lowest BCUT2D eigenvalue weighted by Gasteiger charge is -2.68. The number of carbonyl (C=O) groups is 1. The van der Waals surface area contributed by atoms with Gasteiger partial charge in [-0.2, -0.15) is 0 Å². The van der Waals surface area contributed by atoms with Crippen LogP contribution >= 0.6 is 0 Å². The van der Waals surface area contributed by atoms with Gasteiger partial charge in [-0.05, 0) is 170 Å². The molecular weight excluding hydrogens is 653 g/mol. The van der Waals surface area contributed by atoms with E-state index in [0.29, 0.717) is 48.0 Å². The minimum Gasteiger partial charge on any atom is -0.469 e. The highest BCUT2D eigenvalue weighted by Gasteiger charge is 2.69. The van der Waals surface area contributed by atoms with Crippen LogP contribution in [0.1, 0.15) is 72.1 Å². The van der Waals surface area contributed by atoms with Gasteiger partial charge in [-0.1, -0.05) is 20.8 Å². The second-order valence-electron chi connectivity index (χ2n) is 20.5. The van der Waals surface area contributed by atoms with E-state index in [9.17, 15) is 4.79 Å². The van der Waals surface area contributed by atoms with Crippen LogP contribution in [0.4, 0.5) is 0 Å². The van der Waals surface area contributed by atoms with Crippen molar-refractivity contribution in [2.24, 2.45) is 46.3 Å². The Balaban J connectivity index is 1.85. The molecule has 4 saturated carbocycles. The van der Waals surface area contributed by atoms with Crippen LogP contribution in [-0.4, -0.2) is 70.8 Å². The largest absolute Gasteiger partial charge is 0.469 e. The van der Waals surface area contributed by atoms with Crippen LogP contribution in [-0.2, 0) is 27.2 Å². The van der Waals surface area contributed by atoms with E-state index in [4.69, 9.17) is 22.4 Å². The second-order valence-corrected chi connectivity index (χ2v) is 38.4. The van der Waals surface area contributed by atoms with Crippen LogP contribution in [0.3, 0.4) is 0 Å². The first-order valence-electron chi connectivity index (χ1n) is 19.1. The molecule has 12 atom stereocenters. The standard InChI is InChI=1S/C37H74O6Si4/c1-25(17-20-32(38)39-4)27-18-19-28-33-29(24-31(37(27,28)3)41-45(8,9)10)36(2)22-21-26(40-44(5,6)7)23-30(36)34(42-46(11,12)13)35(33)43-47(14,15)16/h25-31,33-35H,17-24H2,1-16H3/t25?,26-,27?,28?,29?,30+,31-,33?,34-,35?,36?,37?/m1/s1. The van der Waals surface area contributed by atoms with Crippen LogP contribution < -0.4 is 0 Å². The van der Waals surface area contributed by atoms with E-state index in [2.05, 4.69) is 99.3 Å². The van der Waals surface area contributed by atoms with E-state index in [-0.39, 0.29) is 35.1 Å². The third-order valence-corrected chi connectivity index (χ3v) is 16.5. The average molecular weight is 727 g/mol. The maximum absolute atomic E-state index is 12.3. The molecule has 4 rings (SSSR count). The van der Waals surface area contributed by atoms with Crippen molar-refractivity contribution in [1.29, 1.82) is 0 Å². The summed E-state index contributed by atoms with van der Waals surface area (Å²) >= 11 is 0. The van der Waals surface area contributed by atoms with Crippen LogP contribution in [0.5, 0.6) is 0 Å². The van der Waals surface area contributed by atoms with Crippen molar-refractivity contribution in [2.75, 3.05) is 7.11 Å². The maximum Gasteiger partial charge on any atom is 0.305 e. The molecule has 0 heterocycles. The highest BCUT2D eigenvalue weighted by Crippen LogP contribution is 2.70. The van der Waals surface area contributed by atoms with E-state index in [1.807, 2.05) is 0 Å². The Morgan fingerprint density at radius 2 is 1.26 bits per heavy atom. The zero-order chi connectivity index (χ0) is 35.5. The lowest BCUT2D eigenvalue weighted by atomic mass is 9.42. The first-order valence-corrected chi connectivity index (χ1v) is 32.7. The summed E-state index contributed by atoms with van der Waals surface area (Å²) in [4.78, 5) is 12.3. The van der Waals surface area contributed by atoms with Crippen molar-refractivity contribution in [3.05, 3.63) is 0 Å². The smallest absolute Gasteiger partial charge is 0.305 e. The molecular formula is C37H74O6Si4. The van der Waals surface area contributed by atoms with Crippen molar-refractivity contribution in [1.82, 2.24) is 0 Å². The number of hydrogen-bond donors (Lipinski definition) is 0. The average Bonchev–Trinajstić information content (AvgIpc) is 3.25. The fraction of sp³-hybridized carbons (Fsp3) is 0.973. The molecule has 274 valence electrons. The van der Waals surface area contributed by atoms with Gasteiger partial charge in [-0.25, -0.2) is 0 Å². The fourth-order valence-electron chi connectivity index (χ4n) is 11.0. The first kappa shape index (κ1) is 40.0. The predicted octanol–water partition coefficient (Wildman–Crippen LogP) is 9.94. The summed E-state index contributed by atoms with van der Waals surface area (Å²) in [5.41, 5.74) is 0.188. The van der Waals surface area contributed by atoms with Crippen LogP contribution in [0, 0.1) is 46.3 Å². The van der Waals surface area contributed by atoms with Gasteiger partial charge in [0.25, 0.3) is 0 Å². The van der Waals surface area contributed by atoms with Gasteiger partial charge in [-0.3, -0.25) is 4.79 Å². The van der Waals surface area contributed by atoms with Crippen molar-refractivity contribution < 1.29 is 27.2 Å². The van der Waals surface area contributed by atoms with Gasteiger partial charge in [0, 0.05) is 12.5 Å². The Morgan fingerprint density at radius 3 is 1.79 bits per heavy atom. The van der Waals surface area contributed by atoms with Crippen molar-refractivity contribution in [2.45, 2.75) is 175 Å². The van der Waals surface area contributed by atoms with E-state index >= 15 is 0 Å². The molecule has 47 heavy (non-hydrogen) atoms. The van der Waals surface area contributed by atoms with E-state index in [1.54, 1.807) is 0 Å². The zero-order valence-electron chi connectivity index (χ0n) is 33.4. The Bertz CT molecular complexity index is 1090. The minimum absolute atomic E-state index is 0.0308. The molecule has 10 heteroatoms. The van der Waals surface area contributed by atoms with Crippen LogP contribution in [0.2, 0.25) is 78.6 Å². The number of fused-ring (bicyclic) bond motifs is 5. The van der Waals surface area contributed by atoms with Gasteiger partial charge in [0.15, 0.2) is 33.3 Å². The molecule has 4 aliphatic carbocycles. The molecule has 8 unspecified atom stereocenters. The number of hydrogen-bond acceptors (Lipinski definition) is 6. The van der Waals surface area contributed by atoms with Gasteiger partial charge in [0.2, 0.25) is 0 Å². The molecule has 4 fully saturated rings. The number of rotatable bonds is 12. The summed E-state index contributed by atoms with van der Waals surface area (Å²) in [5, 5.41) is 0. The Labute approximate surface area is 294 Å². The first-order chi connectivity index (χ1) is 21.3. The molecule has 0 aromatic rings. The van der Waals surface area contributed by atoms with Crippen molar-refractivity contribution in [3.63, 3.8) is 0 Å². The predicted molar refractivity (Wildman–Crippen MR) is 205 cm³/mol. The molecule has 0 bridgehead atoms. The summed E-state index contributed by atoms with van der Waals surface area (Å²) in [6.07, 6.45) is 9.05. The molecule has 0 radical (unpaired) electrons. The highest BCUT2D eigenvalue weighted by molar-refractivity contribution is 6.71.